The van der Waals surface area contributed by atoms with Gasteiger partial charge in [-0.2, -0.15) is 14.9 Å². The second kappa shape index (κ2) is 9.68. The molecule has 0 spiro atoms. The molecule has 1 fully saturated rings. The van der Waals surface area contributed by atoms with Crippen molar-refractivity contribution in [2.45, 2.75) is 26.5 Å². The predicted molar refractivity (Wildman–Crippen MR) is 122 cm³/mol. The number of nitrogens with two attached hydrogens (primary N) is 1. The van der Waals surface area contributed by atoms with Gasteiger partial charge in [0, 0.05) is 37.0 Å². The van der Waals surface area contributed by atoms with E-state index < -0.39 is 0 Å². The first-order chi connectivity index (χ1) is 15.5. The number of rotatable bonds is 7. The van der Waals surface area contributed by atoms with Gasteiger partial charge in [-0.3, -0.25) is 4.90 Å². The Kier molecular flexibility index (Phi) is 6.54. The third-order valence-electron chi connectivity index (χ3n) is 5.06. The normalized spacial score (nSPS) is 14.3. The summed E-state index contributed by atoms with van der Waals surface area (Å²) in [7, 11) is 0. The molecule has 9 nitrogen and oxygen atoms in total. The van der Waals surface area contributed by atoms with Gasteiger partial charge < -0.3 is 20.5 Å². The molecule has 4 rings (SSSR count). The van der Waals surface area contributed by atoms with Gasteiger partial charge in [-0.25, -0.2) is 0 Å². The van der Waals surface area contributed by atoms with Crippen molar-refractivity contribution in [3.8, 4) is 17.5 Å². The van der Waals surface area contributed by atoms with Crippen LogP contribution in [0.1, 0.15) is 25.0 Å². The third-order valence-corrected chi connectivity index (χ3v) is 5.06. The van der Waals surface area contributed by atoms with Gasteiger partial charge in [0.2, 0.25) is 11.9 Å². The smallest absolute Gasteiger partial charge is 0.248 e. The van der Waals surface area contributed by atoms with Crippen molar-refractivity contribution in [3.63, 3.8) is 0 Å². The maximum absolute atomic E-state index is 8.97. The minimum Gasteiger partial charge on any atom is -0.491 e. The molecule has 166 valence electrons. The van der Waals surface area contributed by atoms with Crippen LogP contribution in [0.3, 0.4) is 0 Å². The molecule has 2 heterocycles. The van der Waals surface area contributed by atoms with Crippen LogP contribution in [-0.2, 0) is 11.3 Å². The number of nitrogen functional groups attached to an aromatic ring is 1. The second-order valence-corrected chi connectivity index (χ2v) is 7.87. The fraction of sp³-hybridized carbons (Fsp3) is 0.348. The van der Waals surface area contributed by atoms with Crippen molar-refractivity contribution in [1.29, 1.82) is 5.26 Å². The summed E-state index contributed by atoms with van der Waals surface area (Å²) in [6.07, 6.45) is 0.0537. The average Bonchev–Trinajstić information content (AvgIpc) is 3.16. The van der Waals surface area contributed by atoms with Gasteiger partial charge in [-0.1, -0.05) is 6.07 Å². The van der Waals surface area contributed by atoms with Crippen LogP contribution in [0.2, 0.25) is 0 Å². The molecule has 1 saturated heterocycles. The van der Waals surface area contributed by atoms with Gasteiger partial charge in [-0.05, 0) is 44.2 Å². The van der Waals surface area contributed by atoms with E-state index >= 15 is 0 Å². The highest BCUT2D eigenvalue weighted by Crippen LogP contribution is 2.28. The van der Waals surface area contributed by atoms with E-state index in [4.69, 9.17) is 20.5 Å². The molecule has 0 amide bonds. The molecule has 3 N–H and O–H groups in total. The minimum atomic E-state index is 0.0537. The zero-order chi connectivity index (χ0) is 22.5. The van der Waals surface area contributed by atoms with Crippen LogP contribution < -0.4 is 15.8 Å². The molecule has 0 saturated carbocycles. The molecule has 0 aliphatic carbocycles. The molecule has 1 aromatic heterocycles. The van der Waals surface area contributed by atoms with E-state index in [1.807, 2.05) is 26.0 Å². The summed E-state index contributed by atoms with van der Waals surface area (Å²) in [6.45, 7) is 8.18. The summed E-state index contributed by atoms with van der Waals surface area (Å²) < 4.78 is 13.1. The Bertz CT molecular complexity index is 1100. The van der Waals surface area contributed by atoms with E-state index in [0.717, 1.165) is 55.5 Å². The summed E-state index contributed by atoms with van der Waals surface area (Å²) in [4.78, 5) is 6.68. The molecule has 9 heteroatoms. The van der Waals surface area contributed by atoms with Gasteiger partial charge in [0.25, 0.3) is 0 Å². The highest BCUT2D eigenvalue weighted by Gasteiger charge is 2.16. The Morgan fingerprint density at radius 1 is 1.19 bits per heavy atom. The lowest BCUT2D eigenvalue weighted by Gasteiger charge is -2.27. The molecular weight excluding hydrogens is 406 g/mol. The molecule has 0 unspecified atom stereocenters. The van der Waals surface area contributed by atoms with Gasteiger partial charge in [0.05, 0.1) is 36.6 Å². The summed E-state index contributed by atoms with van der Waals surface area (Å²) in [5.41, 5.74) is 9.30. The number of nitrogens with one attached hydrogen (secondary N) is 1. The predicted octanol–water partition coefficient (Wildman–Crippen LogP) is 3.08. The number of ether oxygens (including phenoxy) is 2. The number of hydrogen-bond donors (Lipinski definition) is 2. The monoisotopic (exact) mass is 433 g/mol. The van der Waals surface area contributed by atoms with E-state index in [2.05, 4.69) is 32.4 Å². The number of aromatic nitrogens is 3. The lowest BCUT2D eigenvalue weighted by molar-refractivity contribution is 0.0336. The first kappa shape index (κ1) is 21.6. The standard InChI is InChI=1S/C23H27N7O2/c1-16(2)32-21-13-19(6-5-18(21)15-29-9-11-31-12-10-29)26-23-27-22(25)30(28-23)20-7-3-17(14-24)4-8-20/h3-8,13,16H,9-12,15H2,1-2H3,(H3,25,26,27,28). The van der Waals surface area contributed by atoms with Crippen LogP contribution in [0.4, 0.5) is 17.6 Å². The number of benzene rings is 2. The number of anilines is 3. The Balaban J connectivity index is 1.54. The summed E-state index contributed by atoms with van der Waals surface area (Å²) in [5, 5.41) is 16.6. The van der Waals surface area contributed by atoms with Crippen molar-refractivity contribution in [2.75, 3.05) is 37.4 Å². The Hall–Kier alpha value is -3.61. The summed E-state index contributed by atoms with van der Waals surface area (Å²) in [5.74, 6) is 1.46. The number of nitrogens with zero attached hydrogens (tertiary/aromatic N) is 5. The second-order valence-electron chi connectivity index (χ2n) is 7.87. The lowest BCUT2D eigenvalue weighted by Crippen LogP contribution is -2.35. The fourth-order valence-electron chi connectivity index (χ4n) is 3.50. The number of hydrogen-bond acceptors (Lipinski definition) is 8. The first-order valence-corrected chi connectivity index (χ1v) is 10.6. The van der Waals surface area contributed by atoms with Crippen molar-refractivity contribution < 1.29 is 9.47 Å². The van der Waals surface area contributed by atoms with Crippen molar-refractivity contribution in [3.05, 3.63) is 53.6 Å². The highest BCUT2D eigenvalue weighted by atomic mass is 16.5. The van der Waals surface area contributed by atoms with Gasteiger partial charge in [0.15, 0.2) is 0 Å². The molecule has 1 aliphatic heterocycles. The van der Waals surface area contributed by atoms with Crippen molar-refractivity contribution >= 4 is 17.6 Å². The van der Waals surface area contributed by atoms with Crippen LogP contribution in [0.25, 0.3) is 5.69 Å². The zero-order valence-corrected chi connectivity index (χ0v) is 18.3. The molecule has 0 atom stereocenters. The van der Waals surface area contributed by atoms with Gasteiger partial charge >= 0.3 is 0 Å². The van der Waals surface area contributed by atoms with Gasteiger partial charge in [-0.15, -0.1) is 5.10 Å². The topological polar surface area (TPSA) is 114 Å². The molecular formula is C23H27N7O2. The Labute approximate surface area is 187 Å². The fourth-order valence-corrected chi connectivity index (χ4v) is 3.50. The first-order valence-electron chi connectivity index (χ1n) is 10.6. The van der Waals surface area contributed by atoms with Gasteiger partial charge in [0.1, 0.15) is 5.75 Å². The quantitative estimate of drug-likeness (QED) is 0.584. The van der Waals surface area contributed by atoms with Crippen LogP contribution in [0.15, 0.2) is 42.5 Å². The molecule has 3 aromatic rings. The minimum absolute atomic E-state index is 0.0537. The Morgan fingerprint density at radius 2 is 1.94 bits per heavy atom. The van der Waals surface area contributed by atoms with E-state index in [-0.39, 0.29) is 12.1 Å². The van der Waals surface area contributed by atoms with Crippen LogP contribution in [-0.4, -0.2) is 52.1 Å². The van der Waals surface area contributed by atoms with Crippen LogP contribution in [0.5, 0.6) is 5.75 Å². The number of morpholine rings is 1. The van der Waals surface area contributed by atoms with E-state index in [1.54, 1.807) is 24.3 Å². The van der Waals surface area contributed by atoms with Crippen molar-refractivity contribution in [2.24, 2.45) is 0 Å². The maximum Gasteiger partial charge on any atom is 0.248 e. The SMILES string of the molecule is CC(C)Oc1cc(Nc2nc(N)n(-c3ccc(C#N)cc3)n2)ccc1CN1CCOCC1. The lowest BCUT2D eigenvalue weighted by atomic mass is 10.1. The maximum atomic E-state index is 8.97. The third kappa shape index (κ3) is 5.17. The summed E-state index contributed by atoms with van der Waals surface area (Å²) in [6, 6.07) is 15.1. The highest BCUT2D eigenvalue weighted by molar-refractivity contribution is 5.59. The summed E-state index contributed by atoms with van der Waals surface area (Å²) >= 11 is 0. The van der Waals surface area contributed by atoms with Crippen molar-refractivity contribution in [1.82, 2.24) is 19.7 Å². The number of nitriles is 1. The molecule has 0 bridgehead atoms. The van der Waals surface area contributed by atoms with Crippen LogP contribution >= 0.6 is 0 Å². The molecule has 0 radical (unpaired) electrons. The largest absolute Gasteiger partial charge is 0.491 e. The molecule has 1 aliphatic rings. The zero-order valence-electron chi connectivity index (χ0n) is 18.3. The molecule has 2 aromatic carbocycles. The average molecular weight is 434 g/mol. The van der Waals surface area contributed by atoms with E-state index in [9.17, 15) is 0 Å². The van der Waals surface area contributed by atoms with E-state index in [1.165, 1.54) is 4.68 Å². The van der Waals surface area contributed by atoms with Crippen LogP contribution in [0, 0.1) is 11.3 Å². The van der Waals surface area contributed by atoms with E-state index in [0.29, 0.717) is 11.5 Å². The Morgan fingerprint density at radius 3 is 2.62 bits per heavy atom. The molecule has 32 heavy (non-hydrogen) atoms.